The molecule has 0 saturated heterocycles. The summed E-state index contributed by atoms with van der Waals surface area (Å²) in [6, 6.07) is 0. The van der Waals surface area contributed by atoms with Crippen LogP contribution in [0.3, 0.4) is 0 Å². The SMILES string of the molecule is BC(B)(C)C(C)C(B)(B)C. The van der Waals surface area contributed by atoms with E-state index in [-0.39, 0.29) is 0 Å². The minimum Gasteiger partial charge on any atom is -0.0855 e. The largest absolute Gasteiger partial charge is 0.0991 e. The van der Waals surface area contributed by atoms with Crippen LogP contribution < -0.4 is 0 Å². The Kier molecular flexibility index (Phi) is 2.78. The van der Waals surface area contributed by atoms with Crippen molar-refractivity contribution in [2.45, 2.75) is 31.2 Å². The Morgan fingerprint density at radius 3 is 1.10 bits per heavy atom. The van der Waals surface area contributed by atoms with Crippen LogP contribution in [0.1, 0.15) is 20.8 Å². The molecular weight excluding hydrogens is 115 g/mol. The van der Waals surface area contributed by atoms with Gasteiger partial charge in [-0.15, -0.1) is 0 Å². The molecule has 0 heterocycles. The molecule has 0 nitrogen and oxygen atoms in total. The quantitative estimate of drug-likeness (QED) is 0.399. The fourth-order valence-electron chi connectivity index (χ4n) is 1.30. The molecule has 0 N–H and O–H groups in total. The maximum absolute atomic E-state index is 2.33. The summed E-state index contributed by atoms with van der Waals surface area (Å²) >= 11 is 0. The molecule has 0 aliphatic heterocycles. The van der Waals surface area contributed by atoms with Crippen molar-refractivity contribution in [3.8, 4) is 0 Å². The standard InChI is InChI=1S/C6H18B4/c1-4(5(2,7)8)6(3,9)10/h4H,7-10H2,1-3H3. The Bertz CT molecular complexity index is 93.9. The summed E-state index contributed by atoms with van der Waals surface area (Å²) in [5, 5.41) is 0.885. The monoisotopic (exact) mass is 134 g/mol. The van der Waals surface area contributed by atoms with Crippen molar-refractivity contribution in [2.24, 2.45) is 5.92 Å². The van der Waals surface area contributed by atoms with Crippen molar-refractivity contribution in [3.05, 3.63) is 0 Å². The summed E-state index contributed by atoms with van der Waals surface area (Å²) in [4.78, 5) is 0. The van der Waals surface area contributed by atoms with Gasteiger partial charge in [-0.25, -0.2) is 0 Å². The predicted octanol–water partition coefficient (Wildman–Crippen LogP) is -1.57. The average Bonchev–Trinajstić information content (AvgIpc) is 1.59. The van der Waals surface area contributed by atoms with Gasteiger partial charge in [0.15, 0.2) is 0 Å². The summed E-state index contributed by atoms with van der Waals surface area (Å²) in [6.45, 7) is 6.95. The van der Waals surface area contributed by atoms with Gasteiger partial charge >= 0.3 is 0 Å². The maximum atomic E-state index is 2.33. The van der Waals surface area contributed by atoms with Crippen LogP contribution >= 0.6 is 0 Å². The molecule has 0 unspecified atom stereocenters. The van der Waals surface area contributed by atoms with Crippen molar-refractivity contribution in [2.75, 3.05) is 0 Å². The lowest BCUT2D eigenvalue weighted by atomic mass is 9.37. The van der Waals surface area contributed by atoms with Crippen LogP contribution in [0.15, 0.2) is 0 Å². The van der Waals surface area contributed by atoms with Crippen LogP contribution in [-0.2, 0) is 0 Å². The van der Waals surface area contributed by atoms with E-state index in [1.54, 1.807) is 0 Å². The molecule has 0 atom stereocenters. The molecule has 0 radical (unpaired) electrons. The second-order valence-corrected chi connectivity index (χ2v) is 5.45. The van der Waals surface area contributed by atoms with E-state index >= 15 is 0 Å². The normalized spacial score (nSPS) is 14.0. The van der Waals surface area contributed by atoms with Crippen LogP contribution in [0.5, 0.6) is 0 Å². The second kappa shape index (κ2) is 2.71. The topological polar surface area (TPSA) is 0 Å². The van der Waals surface area contributed by atoms with E-state index in [4.69, 9.17) is 0 Å². The Morgan fingerprint density at radius 2 is 1.10 bits per heavy atom. The molecule has 0 spiro atoms. The lowest BCUT2D eigenvalue weighted by Crippen LogP contribution is -2.30. The van der Waals surface area contributed by atoms with Crippen molar-refractivity contribution >= 4 is 31.4 Å². The van der Waals surface area contributed by atoms with E-state index in [1.807, 2.05) is 0 Å². The molecule has 0 aromatic rings. The van der Waals surface area contributed by atoms with Gasteiger partial charge in [-0.2, -0.15) is 0 Å². The third-order valence-electron chi connectivity index (χ3n) is 2.60. The molecule has 0 aromatic heterocycles. The Balaban J connectivity index is 4.23. The Morgan fingerprint density at radius 1 is 0.900 bits per heavy atom. The van der Waals surface area contributed by atoms with Crippen LogP contribution in [0, 0.1) is 5.92 Å². The van der Waals surface area contributed by atoms with E-state index in [9.17, 15) is 0 Å². The molecule has 0 saturated carbocycles. The third kappa shape index (κ3) is 2.90. The van der Waals surface area contributed by atoms with Crippen LogP contribution in [0.25, 0.3) is 0 Å². The minimum atomic E-state index is 0.443. The van der Waals surface area contributed by atoms with Gasteiger partial charge in [0.25, 0.3) is 0 Å². The first-order chi connectivity index (χ1) is 4.15. The van der Waals surface area contributed by atoms with Gasteiger partial charge in [0.2, 0.25) is 0 Å². The highest BCUT2D eigenvalue weighted by Crippen LogP contribution is 2.40. The molecule has 0 amide bonds. The van der Waals surface area contributed by atoms with Gasteiger partial charge < -0.3 is 0 Å². The molecule has 0 fully saturated rings. The van der Waals surface area contributed by atoms with Crippen LogP contribution in [0.2, 0.25) is 10.4 Å². The highest BCUT2D eigenvalue weighted by Gasteiger charge is 2.29. The van der Waals surface area contributed by atoms with E-state index in [1.165, 1.54) is 0 Å². The van der Waals surface area contributed by atoms with Crippen molar-refractivity contribution in [3.63, 3.8) is 0 Å². The highest BCUT2D eigenvalue weighted by atomic mass is 14.2. The Labute approximate surface area is 69.2 Å². The molecule has 0 aromatic carbocycles. The first-order valence-corrected chi connectivity index (χ1v) is 4.15. The van der Waals surface area contributed by atoms with Crippen molar-refractivity contribution in [1.29, 1.82) is 0 Å². The van der Waals surface area contributed by atoms with Crippen LogP contribution in [0.4, 0.5) is 0 Å². The highest BCUT2D eigenvalue weighted by molar-refractivity contribution is 6.44. The van der Waals surface area contributed by atoms with Gasteiger partial charge in [0.05, 0.1) is 31.4 Å². The molecule has 54 valence electrons. The molecule has 0 bridgehead atoms. The van der Waals surface area contributed by atoms with E-state index in [0.717, 1.165) is 5.92 Å². The number of rotatable bonds is 2. The predicted molar refractivity (Wildman–Crippen MR) is 60.1 cm³/mol. The van der Waals surface area contributed by atoms with Gasteiger partial charge in [-0.3, -0.25) is 0 Å². The molecule has 4 heteroatoms. The smallest absolute Gasteiger partial charge is 0.0855 e. The van der Waals surface area contributed by atoms with Gasteiger partial charge in [0.1, 0.15) is 0 Å². The first kappa shape index (κ1) is 10.3. The van der Waals surface area contributed by atoms with Gasteiger partial charge in [0, 0.05) is 0 Å². The molecule has 0 aliphatic rings. The first-order valence-electron chi connectivity index (χ1n) is 4.15. The maximum Gasteiger partial charge on any atom is 0.0991 e. The average molecular weight is 133 g/mol. The summed E-state index contributed by atoms with van der Waals surface area (Å²) in [7, 11) is 9.23. The lowest BCUT2D eigenvalue weighted by Gasteiger charge is -2.38. The van der Waals surface area contributed by atoms with Gasteiger partial charge in [-0.05, 0) is 0 Å². The second-order valence-electron chi connectivity index (χ2n) is 5.45. The zero-order chi connectivity index (χ0) is 8.58. The summed E-state index contributed by atoms with van der Waals surface area (Å²) in [5.41, 5.74) is 0. The third-order valence-corrected chi connectivity index (χ3v) is 2.60. The van der Waals surface area contributed by atoms with E-state index < -0.39 is 0 Å². The fourth-order valence-corrected chi connectivity index (χ4v) is 1.30. The summed E-state index contributed by atoms with van der Waals surface area (Å²) < 4.78 is 0. The van der Waals surface area contributed by atoms with E-state index in [0.29, 0.717) is 10.4 Å². The minimum absolute atomic E-state index is 0.443. The number of hydrogen-bond donors (Lipinski definition) is 0. The fraction of sp³-hybridized carbons (Fsp3) is 1.00. The van der Waals surface area contributed by atoms with Crippen LogP contribution in [-0.4, -0.2) is 31.4 Å². The molecule has 0 rings (SSSR count). The summed E-state index contributed by atoms with van der Waals surface area (Å²) in [5.74, 6) is 0.764. The van der Waals surface area contributed by atoms with E-state index in [2.05, 4.69) is 52.2 Å². The summed E-state index contributed by atoms with van der Waals surface area (Å²) in [6.07, 6.45) is 0. The lowest BCUT2D eigenvalue weighted by molar-refractivity contribution is 0.468. The van der Waals surface area contributed by atoms with Crippen molar-refractivity contribution < 1.29 is 0 Å². The molecule has 0 aliphatic carbocycles. The van der Waals surface area contributed by atoms with Gasteiger partial charge in [-0.1, -0.05) is 37.1 Å². The zero-order valence-corrected chi connectivity index (χ0v) is 8.58. The van der Waals surface area contributed by atoms with Crippen molar-refractivity contribution in [1.82, 2.24) is 0 Å². The number of hydrogen-bond acceptors (Lipinski definition) is 0. The molecule has 10 heavy (non-hydrogen) atoms. The Hall–Kier alpha value is 0.260. The molecular formula is C6H18B4. The zero-order valence-electron chi connectivity index (χ0n) is 8.58.